The summed E-state index contributed by atoms with van der Waals surface area (Å²) >= 11 is 13.3. The fourth-order valence-corrected chi connectivity index (χ4v) is 3.30. The smallest absolute Gasteiger partial charge is 0.276 e. The third-order valence-corrected chi connectivity index (χ3v) is 5.16. The Bertz CT molecular complexity index is 999. The van der Waals surface area contributed by atoms with Crippen molar-refractivity contribution in [3.8, 4) is 5.75 Å². The lowest BCUT2D eigenvalue weighted by atomic mass is 10.2. The number of hydrogen-bond acceptors (Lipinski definition) is 5. The Balaban J connectivity index is 1.45. The molecule has 6 nitrogen and oxygen atoms in total. The largest absolute Gasteiger partial charge is 0.481 e. The first kappa shape index (κ1) is 20.3. The number of ether oxygens (including phenoxy) is 1. The topological polar surface area (TPSA) is 80.3 Å². The lowest BCUT2D eigenvalue weighted by Crippen LogP contribution is -2.44. The third-order valence-electron chi connectivity index (χ3n) is 3.56. The van der Waals surface area contributed by atoms with Crippen molar-refractivity contribution in [2.45, 2.75) is 4.90 Å². The first-order chi connectivity index (χ1) is 13.5. The fourth-order valence-electron chi connectivity index (χ4n) is 2.26. The number of thioether (sulfide) groups is 1. The molecule has 2 aromatic carbocycles. The van der Waals surface area contributed by atoms with E-state index in [9.17, 15) is 9.59 Å². The van der Waals surface area contributed by atoms with Crippen LogP contribution >= 0.6 is 35.0 Å². The van der Waals surface area contributed by atoms with Crippen LogP contribution in [0.2, 0.25) is 10.0 Å². The Morgan fingerprint density at radius 2 is 1.75 bits per heavy atom. The summed E-state index contributed by atoms with van der Waals surface area (Å²) in [5.41, 5.74) is 5.22. The molecule has 9 heteroatoms. The van der Waals surface area contributed by atoms with Crippen molar-refractivity contribution in [3.05, 3.63) is 64.8 Å². The second kappa shape index (κ2) is 9.64. The lowest BCUT2D eigenvalue weighted by Gasteiger charge is -2.10. The Labute approximate surface area is 175 Å². The van der Waals surface area contributed by atoms with E-state index in [0.29, 0.717) is 21.3 Å². The SMILES string of the molecule is O=C(COc1ccc(Cl)c2cccnc12)NNC(=O)CSc1ccc(Cl)cc1. The van der Waals surface area contributed by atoms with Gasteiger partial charge in [-0.05, 0) is 48.5 Å². The average Bonchev–Trinajstić information content (AvgIpc) is 2.71. The van der Waals surface area contributed by atoms with Crippen molar-refractivity contribution in [2.75, 3.05) is 12.4 Å². The standard InChI is InChI=1S/C19H15Cl2N3O3S/c20-12-3-5-13(6-4-12)28-11-18(26)24-23-17(25)10-27-16-8-7-15(21)14-2-1-9-22-19(14)16/h1-9H,10-11H2,(H,23,25)(H,24,26). The predicted molar refractivity (Wildman–Crippen MR) is 111 cm³/mol. The average molecular weight is 436 g/mol. The molecule has 28 heavy (non-hydrogen) atoms. The maximum atomic E-state index is 11.9. The maximum Gasteiger partial charge on any atom is 0.276 e. The van der Waals surface area contributed by atoms with E-state index in [1.807, 2.05) is 18.2 Å². The number of pyridine rings is 1. The van der Waals surface area contributed by atoms with E-state index in [4.69, 9.17) is 27.9 Å². The van der Waals surface area contributed by atoms with Gasteiger partial charge in [0.25, 0.3) is 5.91 Å². The quantitative estimate of drug-likeness (QED) is 0.453. The number of carbonyl (C=O) groups is 2. The van der Waals surface area contributed by atoms with Crippen LogP contribution in [0.15, 0.2) is 59.6 Å². The molecular formula is C19H15Cl2N3O3S. The Morgan fingerprint density at radius 3 is 2.54 bits per heavy atom. The highest BCUT2D eigenvalue weighted by molar-refractivity contribution is 8.00. The number of carbonyl (C=O) groups excluding carboxylic acids is 2. The van der Waals surface area contributed by atoms with Gasteiger partial charge in [0, 0.05) is 21.5 Å². The van der Waals surface area contributed by atoms with Crippen LogP contribution in [0.1, 0.15) is 0 Å². The second-order valence-electron chi connectivity index (χ2n) is 5.57. The summed E-state index contributed by atoms with van der Waals surface area (Å²) in [6.45, 7) is -0.280. The van der Waals surface area contributed by atoms with E-state index < -0.39 is 5.91 Å². The van der Waals surface area contributed by atoms with E-state index in [1.54, 1.807) is 36.5 Å². The van der Waals surface area contributed by atoms with Gasteiger partial charge in [0.2, 0.25) is 5.91 Å². The highest BCUT2D eigenvalue weighted by atomic mass is 35.5. The molecule has 0 radical (unpaired) electrons. The minimum atomic E-state index is -0.496. The number of hydrogen-bond donors (Lipinski definition) is 2. The van der Waals surface area contributed by atoms with E-state index in [2.05, 4.69) is 15.8 Å². The minimum absolute atomic E-state index is 0.147. The molecule has 0 aliphatic rings. The molecule has 1 heterocycles. The van der Waals surface area contributed by atoms with Crippen LogP contribution in [0.25, 0.3) is 10.9 Å². The number of halogens is 2. The van der Waals surface area contributed by atoms with Gasteiger partial charge >= 0.3 is 0 Å². The number of amides is 2. The zero-order valence-electron chi connectivity index (χ0n) is 14.4. The summed E-state index contributed by atoms with van der Waals surface area (Å²) in [7, 11) is 0. The Kier molecular flexibility index (Phi) is 6.97. The summed E-state index contributed by atoms with van der Waals surface area (Å²) in [4.78, 5) is 28.9. The predicted octanol–water partition coefficient (Wildman–Crippen LogP) is 3.86. The van der Waals surface area contributed by atoms with Crippen molar-refractivity contribution in [2.24, 2.45) is 0 Å². The molecule has 3 rings (SSSR count). The first-order valence-electron chi connectivity index (χ1n) is 8.15. The minimum Gasteiger partial charge on any atom is -0.481 e. The van der Waals surface area contributed by atoms with Gasteiger partial charge in [-0.3, -0.25) is 25.4 Å². The van der Waals surface area contributed by atoms with Gasteiger partial charge in [0.1, 0.15) is 11.3 Å². The van der Waals surface area contributed by atoms with Gasteiger partial charge in [0.05, 0.1) is 10.8 Å². The van der Waals surface area contributed by atoms with Crippen molar-refractivity contribution >= 4 is 57.7 Å². The normalized spacial score (nSPS) is 10.5. The number of nitrogens with zero attached hydrogens (tertiary/aromatic N) is 1. The summed E-state index contributed by atoms with van der Waals surface area (Å²) in [5.74, 6) is -0.260. The van der Waals surface area contributed by atoms with Crippen LogP contribution in [0.4, 0.5) is 0 Å². The van der Waals surface area contributed by atoms with Crippen LogP contribution in [0.5, 0.6) is 5.75 Å². The molecule has 0 unspecified atom stereocenters. The first-order valence-corrected chi connectivity index (χ1v) is 9.89. The molecule has 3 aromatic rings. The molecule has 0 atom stereocenters. The van der Waals surface area contributed by atoms with Crippen molar-refractivity contribution in [1.29, 1.82) is 0 Å². The van der Waals surface area contributed by atoms with Gasteiger partial charge < -0.3 is 4.74 Å². The van der Waals surface area contributed by atoms with Gasteiger partial charge in [-0.2, -0.15) is 0 Å². The van der Waals surface area contributed by atoms with E-state index in [-0.39, 0.29) is 18.3 Å². The lowest BCUT2D eigenvalue weighted by molar-refractivity contribution is -0.128. The molecule has 0 aliphatic heterocycles. The molecule has 0 saturated heterocycles. The molecule has 0 bridgehead atoms. The van der Waals surface area contributed by atoms with Gasteiger partial charge in [-0.15, -0.1) is 11.8 Å². The number of aromatic nitrogens is 1. The maximum absolute atomic E-state index is 11.9. The molecule has 1 aromatic heterocycles. The molecule has 2 amide bonds. The zero-order chi connectivity index (χ0) is 19.9. The summed E-state index contributed by atoms with van der Waals surface area (Å²) < 4.78 is 5.51. The number of hydrazine groups is 1. The van der Waals surface area contributed by atoms with E-state index >= 15 is 0 Å². The molecule has 0 saturated carbocycles. The van der Waals surface area contributed by atoms with Crippen LogP contribution < -0.4 is 15.6 Å². The van der Waals surface area contributed by atoms with Crippen LogP contribution in [0, 0.1) is 0 Å². The zero-order valence-corrected chi connectivity index (χ0v) is 16.8. The van der Waals surface area contributed by atoms with Gasteiger partial charge in [-0.25, -0.2) is 0 Å². The highest BCUT2D eigenvalue weighted by Crippen LogP contribution is 2.29. The van der Waals surface area contributed by atoms with Gasteiger partial charge in [0.15, 0.2) is 6.61 Å². The van der Waals surface area contributed by atoms with E-state index in [1.165, 1.54) is 11.8 Å². The summed E-state index contributed by atoms with van der Waals surface area (Å²) in [6, 6.07) is 14.0. The van der Waals surface area contributed by atoms with Crippen molar-refractivity contribution in [1.82, 2.24) is 15.8 Å². The molecule has 2 N–H and O–H groups in total. The monoisotopic (exact) mass is 435 g/mol. The number of rotatable bonds is 6. The van der Waals surface area contributed by atoms with Crippen molar-refractivity contribution < 1.29 is 14.3 Å². The second-order valence-corrected chi connectivity index (χ2v) is 7.47. The Morgan fingerprint density at radius 1 is 1.00 bits per heavy atom. The van der Waals surface area contributed by atoms with Crippen LogP contribution in [-0.2, 0) is 9.59 Å². The van der Waals surface area contributed by atoms with Crippen molar-refractivity contribution in [3.63, 3.8) is 0 Å². The number of nitrogens with one attached hydrogen (secondary N) is 2. The summed E-state index contributed by atoms with van der Waals surface area (Å²) in [6.07, 6.45) is 1.62. The van der Waals surface area contributed by atoms with E-state index in [0.717, 1.165) is 10.3 Å². The molecule has 0 fully saturated rings. The number of fused-ring (bicyclic) bond motifs is 1. The fraction of sp³-hybridized carbons (Fsp3) is 0.105. The molecule has 144 valence electrons. The Hall–Kier alpha value is -2.48. The molecule has 0 aliphatic carbocycles. The molecular weight excluding hydrogens is 421 g/mol. The third kappa shape index (κ3) is 5.51. The molecule has 0 spiro atoms. The van der Waals surface area contributed by atoms with Crippen LogP contribution in [0.3, 0.4) is 0 Å². The number of benzene rings is 2. The van der Waals surface area contributed by atoms with Gasteiger partial charge in [-0.1, -0.05) is 23.2 Å². The summed E-state index contributed by atoms with van der Waals surface area (Å²) in [5, 5.41) is 1.91. The highest BCUT2D eigenvalue weighted by Gasteiger charge is 2.10. The van der Waals surface area contributed by atoms with Crippen LogP contribution in [-0.4, -0.2) is 29.2 Å².